The van der Waals surface area contributed by atoms with Crippen molar-refractivity contribution < 1.29 is 33.1 Å². The topological polar surface area (TPSA) is 40.0 Å². The normalized spacial score (nSPS) is 42.8. The Bertz CT molecular complexity index is 977. The van der Waals surface area contributed by atoms with E-state index >= 15 is 0 Å². The molecule has 1 heterocycles. The summed E-state index contributed by atoms with van der Waals surface area (Å²) < 4.78 is 19.1. The third-order valence-corrected chi connectivity index (χ3v) is 9.94. The van der Waals surface area contributed by atoms with Gasteiger partial charge < -0.3 is 20.3 Å². The SMILES string of the molecule is COC[C@@]12CC3C(CC[C@H]3C)[C@@]3(COCc4ccccc4)C[C@@H]1C=[C-][C@@]32C1=NC(C)(C)CO1.[Li+]. The molecule has 5 aliphatic rings. The number of benzene rings is 1. The zero-order valence-corrected chi connectivity index (χ0v) is 21.6. The van der Waals surface area contributed by atoms with Crippen molar-refractivity contribution in [1.29, 1.82) is 0 Å². The fraction of sp³-hybridized carbons (Fsp3) is 0.690. The standard InChI is InChI=1S/C29H38NO3.Li/c1-20-10-11-24-23(20)15-27(18-31-4)22-12-13-29(27,25-30-26(2,3)17-33-25)28(24,14-22)19-32-16-21-8-6-5-7-9-21;/h5-9,12,20,22-24H,10-11,14-19H2,1-4H3;/q-1;+1/t20-,22+,23?,24?,27+,28+,29+;/m1./s1. The number of rotatable bonds is 7. The Morgan fingerprint density at radius 3 is 2.59 bits per heavy atom. The number of nitrogens with zero attached hydrogens (tertiary/aromatic N) is 1. The van der Waals surface area contributed by atoms with Gasteiger partial charge in [-0.15, -0.1) is 0 Å². The van der Waals surface area contributed by atoms with Crippen molar-refractivity contribution in [3.05, 3.63) is 48.0 Å². The summed E-state index contributed by atoms with van der Waals surface area (Å²) in [6.07, 6.45) is 11.2. The molecule has 7 atom stereocenters. The Kier molecular flexibility index (Phi) is 6.17. The van der Waals surface area contributed by atoms with Crippen molar-refractivity contribution in [2.75, 3.05) is 26.9 Å². The van der Waals surface area contributed by atoms with Gasteiger partial charge in [-0.3, -0.25) is 6.08 Å². The molecular weight excluding hydrogens is 417 g/mol. The number of methoxy groups -OCH3 is 1. The van der Waals surface area contributed by atoms with Crippen LogP contribution in [0.15, 0.2) is 41.4 Å². The maximum Gasteiger partial charge on any atom is 1.00 e. The Hall–Kier alpha value is -1.05. The van der Waals surface area contributed by atoms with E-state index in [0.29, 0.717) is 31.0 Å². The molecule has 5 heteroatoms. The molecule has 0 spiro atoms. The molecule has 0 saturated heterocycles. The van der Waals surface area contributed by atoms with Crippen molar-refractivity contribution in [3.8, 4) is 0 Å². The molecule has 34 heavy (non-hydrogen) atoms. The van der Waals surface area contributed by atoms with Crippen LogP contribution in [0.25, 0.3) is 0 Å². The molecule has 2 unspecified atom stereocenters. The molecule has 1 aromatic carbocycles. The van der Waals surface area contributed by atoms with Gasteiger partial charge in [0.25, 0.3) is 0 Å². The zero-order valence-electron chi connectivity index (χ0n) is 21.6. The largest absolute Gasteiger partial charge is 1.00 e. The van der Waals surface area contributed by atoms with Crippen molar-refractivity contribution in [2.24, 2.45) is 44.9 Å². The van der Waals surface area contributed by atoms with Crippen LogP contribution < -0.4 is 18.9 Å². The predicted octanol–water partition coefficient (Wildman–Crippen LogP) is 2.48. The second-order valence-corrected chi connectivity index (χ2v) is 12.1. The summed E-state index contributed by atoms with van der Waals surface area (Å²) in [5, 5.41) is 0. The smallest absolute Gasteiger partial charge is 0.483 e. The minimum Gasteiger partial charge on any atom is -0.483 e. The molecule has 178 valence electrons. The third kappa shape index (κ3) is 3.14. The van der Waals surface area contributed by atoms with Crippen molar-refractivity contribution in [3.63, 3.8) is 0 Å². The first-order chi connectivity index (χ1) is 15.9. The average molecular weight is 456 g/mol. The van der Waals surface area contributed by atoms with Crippen molar-refractivity contribution in [1.82, 2.24) is 0 Å². The first-order valence-electron chi connectivity index (χ1n) is 12.8. The molecule has 1 aliphatic heterocycles. The van der Waals surface area contributed by atoms with Gasteiger partial charge in [0, 0.05) is 7.11 Å². The second-order valence-electron chi connectivity index (χ2n) is 12.1. The van der Waals surface area contributed by atoms with Gasteiger partial charge in [0.2, 0.25) is 0 Å². The molecule has 1 aromatic rings. The van der Waals surface area contributed by atoms with Crippen LogP contribution in [0.1, 0.15) is 52.0 Å². The molecule has 4 nitrogen and oxygen atoms in total. The quantitative estimate of drug-likeness (QED) is 0.469. The Morgan fingerprint density at radius 2 is 1.88 bits per heavy atom. The van der Waals surface area contributed by atoms with Crippen LogP contribution in [0.4, 0.5) is 0 Å². The molecule has 0 aromatic heterocycles. The van der Waals surface area contributed by atoms with E-state index in [1.807, 2.05) is 7.11 Å². The van der Waals surface area contributed by atoms with Crippen LogP contribution >= 0.6 is 0 Å². The second kappa shape index (κ2) is 8.51. The molecule has 0 radical (unpaired) electrons. The van der Waals surface area contributed by atoms with Gasteiger partial charge in [0.15, 0.2) is 5.90 Å². The third-order valence-electron chi connectivity index (χ3n) is 9.94. The maximum atomic E-state index is 6.63. The molecular formula is C29H38LiNO3. The molecule has 3 fully saturated rings. The number of hydrogen-bond donors (Lipinski definition) is 0. The van der Waals surface area contributed by atoms with Gasteiger partial charge in [-0.25, -0.2) is 4.99 Å². The number of ether oxygens (including phenoxy) is 3. The number of aliphatic imine (C=N–C) groups is 1. The van der Waals surface area contributed by atoms with E-state index in [0.717, 1.165) is 31.5 Å². The van der Waals surface area contributed by atoms with Crippen LogP contribution in [-0.2, 0) is 20.8 Å². The van der Waals surface area contributed by atoms with Gasteiger partial charge in [0.05, 0.1) is 25.4 Å². The minimum atomic E-state index is -0.351. The summed E-state index contributed by atoms with van der Waals surface area (Å²) in [6.45, 7) is 9.59. The van der Waals surface area contributed by atoms with E-state index in [1.54, 1.807) is 0 Å². The fourth-order valence-electron chi connectivity index (χ4n) is 8.69. The van der Waals surface area contributed by atoms with E-state index in [4.69, 9.17) is 19.2 Å². The summed E-state index contributed by atoms with van der Waals surface area (Å²) in [7, 11) is 1.86. The van der Waals surface area contributed by atoms with Gasteiger partial charge in [-0.1, -0.05) is 49.1 Å². The van der Waals surface area contributed by atoms with E-state index < -0.39 is 0 Å². The van der Waals surface area contributed by atoms with Crippen LogP contribution in [0.3, 0.4) is 0 Å². The van der Waals surface area contributed by atoms with Crippen molar-refractivity contribution >= 4 is 5.90 Å². The molecule has 0 amide bonds. The summed E-state index contributed by atoms with van der Waals surface area (Å²) >= 11 is 0. The molecule has 4 aliphatic carbocycles. The van der Waals surface area contributed by atoms with Gasteiger partial charge in [0.1, 0.15) is 6.61 Å². The van der Waals surface area contributed by atoms with E-state index in [2.05, 4.69) is 63.3 Å². The molecule has 0 N–H and O–H groups in total. The summed E-state index contributed by atoms with van der Waals surface area (Å²) in [5.41, 5.74) is 0.625. The van der Waals surface area contributed by atoms with E-state index in [1.165, 1.54) is 24.8 Å². The summed E-state index contributed by atoms with van der Waals surface area (Å²) in [5.74, 6) is 3.45. The Balaban J connectivity index is 0.00000241. The minimum absolute atomic E-state index is 0. The molecule has 3 saturated carbocycles. The number of fused-ring (bicyclic) bond motifs is 2. The van der Waals surface area contributed by atoms with Gasteiger partial charge in [-0.2, -0.15) is 0 Å². The molecule has 4 bridgehead atoms. The predicted molar refractivity (Wildman–Crippen MR) is 129 cm³/mol. The van der Waals surface area contributed by atoms with E-state index in [-0.39, 0.29) is 40.6 Å². The van der Waals surface area contributed by atoms with Gasteiger partial charge in [-0.05, 0) is 73.2 Å². The first-order valence-corrected chi connectivity index (χ1v) is 12.8. The Labute approximate surface area is 217 Å². The van der Waals surface area contributed by atoms with Crippen molar-refractivity contribution in [2.45, 2.75) is 58.6 Å². The monoisotopic (exact) mass is 455 g/mol. The van der Waals surface area contributed by atoms with Crippen LogP contribution in [-0.4, -0.2) is 38.4 Å². The summed E-state index contributed by atoms with van der Waals surface area (Å²) in [6, 6.07) is 10.6. The van der Waals surface area contributed by atoms with Gasteiger partial charge >= 0.3 is 18.9 Å². The zero-order chi connectivity index (χ0) is 22.9. The maximum absolute atomic E-state index is 6.63. The Morgan fingerprint density at radius 1 is 1.09 bits per heavy atom. The van der Waals surface area contributed by atoms with Crippen LogP contribution in [0.2, 0.25) is 0 Å². The molecule has 6 rings (SSSR count). The summed E-state index contributed by atoms with van der Waals surface area (Å²) in [4.78, 5) is 5.23. The first kappa shape index (κ1) is 24.6. The fourth-order valence-corrected chi connectivity index (χ4v) is 8.69. The van der Waals surface area contributed by atoms with Crippen LogP contribution in [0, 0.1) is 46.0 Å². The number of hydrogen-bond acceptors (Lipinski definition) is 4. The van der Waals surface area contributed by atoms with E-state index in [9.17, 15) is 0 Å². The van der Waals surface area contributed by atoms with Crippen LogP contribution in [0.5, 0.6) is 0 Å². The average Bonchev–Trinajstić information content (AvgIpc) is 3.48. The number of allylic oxidation sites excluding steroid dienone is 1.